The summed E-state index contributed by atoms with van der Waals surface area (Å²) in [7, 11) is 1.51. The number of fused-ring (bicyclic) bond motifs is 5. The standard InChI is InChI=1S/C29H24N6O6S/c1-41-20-9-6-18(7-10-20)34-26(37)29(25(36)31-27(34)38)15-17-14-19(35(39)40)8-11-22(17)33-13-12-32(16-24(29)33)28-30-21-4-2-3-5-23(21)42-28/h2-11,14,24H,12-13,15-16H2,1H3,(H,31,36,38). The van der Waals surface area contributed by atoms with Crippen LogP contribution in [0.1, 0.15) is 5.56 Å². The highest BCUT2D eigenvalue weighted by Crippen LogP contribution is 2.48. The third kappa shape index (κ3) is 3.80. The molecule has 4 heterocycles. The zero-order chi connectivity index (χ0) is 29.2. The molecule has 212 valence electrons. The van der Waals surface area contributed by atoms with E-state index < -0.39 is 34.2 Å². The highest BCUT2D eigenvalue weighted by molar-refractivity contribution is 7.22. The van der Waals surface area contributed by atoms with Crippen LogP contribution in [0, 0.1) is 15.5 Å². The van der Waals surface area contributed by atoms with E-state index in [-0.39, 0.29) is 24.3 Å². The Morgan fingerprint density at radius 3 is 2.60 bits per heavy atom. The third-order valence-corrected chi connectivity index (χ3v) is 9.40. The van der Waals surface area contributed by atoms with Crippen LogP contribution in [0.3, 0.4) is 0 Å². The molecule has 3 aromatic carbocycles. The van der Waals surface area contributed by atoms with E-state index in [0.717, 1.165) is 25.9 Å². The predicted molar refractivity (Wildman–Crippen MR) is 156 cm³/mol. The number of nitro groups is 1. The largest absolute Gasteiger partial charge is 0.497 e. The van der Waals surface area contributed by atoms with Gasteiger partial charge in [0.1, 0.15) is 5.75 Å². The molecule has 0 aliphatic carbocycles. The summed E-state index contributed by atoms with van der Waals surface area (Å²) in [6, 6.07) is 17.2. The average molecular weight is 585 g/mol. The van der Waals surface area contributed by atoms with Crippen molar-refractivity contribution in [1.29, 1.82) is 0 Å². The van der Waals surface area contributed by atoms with E-state index in [9.17, 15) is 24.5 Å². The molecule has 3 aliphatic heterocycles. The number of para-hydroxylation sites is 1. The Morgan fingerprint density at radius 1 is 1.07 bits per heavy atom. The quantitative estimate of drug-likeness (QED) is 0.216. The number of benzene rings is 3. The number of nitro benzene ring substituents is 1. The van der Waals surface area contributed by atoms with Crippen molar-refractivity contribution >= 4 is 61.6 Å². The number of ether oxygens (including phenoxy) is 1. The van der Waals surface area contributed by atoms with E-state index in [1.54, 1.807) is 30.3 Å². The monoisotopic (exact) mass is 584 g/mol. The first-order valence-corrected chi connectivity index (χ1v) is 14.1. The highest BCUT2D eigenvalue weighted by Gasteiger charge is 2.63. The zero-order valence-electron chi connectivity index (χ0n) is 22.4. The van der Waals surface area contributed by atoms with E-state index >= 15 is 0 Å². The Hall–Kier alpha value is -5.04. The maximum Gasteiger partial charge on any atom is 0.335 e. The molecule has 0 radical (unpaired) electrons. The fraction of sp³-hybridized carbons (Fsp3) is 0.241. The Balaban J connectivity index is 1.36. The normalized spacial score (nSPS) is 21.8. The van der Waals surface area contributed by atoms with E-state index in [0.29, 0.717) is 24.4 Å². The molecule has 0 bridgehead atoms. The first-order chi connectivity index (χ1) is 20.3. The number of aromatic nitrogens is 1. The Kier molecular flexibility index (Phi) is 5.87. The van der Waals surface area contributed by atoms with Crippen molar-refractivity contribution in [3.63, 3.8) is 0 Å². The van der Waals surface area contributed by atoms with Crippen molar-refractivity contribution < 1.29 is 24.0 Å². The molecule has 2 atom stereocenters. The van der Waals surface area contributed by atoms with E-state index in [4.69, 9.17) is 9.72 Å². The Bertz CT molecular complexity index is 1760. The van der Waals surface area contributed by atoms with Gasteiger partial charge in [-0.1, -0.05) is 23.5 Å². The fourth-order valence-electron chi connectivity index (χ4n) is 6.26. The van der Waals surface area contributed by atoms with Gasteiger partial charge in [-0.25, -0.2) is 14.7 Å². The first kappa shape index (κ1) is 25.9. The molecule has 42 heavy (non-hydrogen) atoms. The molecule has 1 spiro atoms. The van der Waals surface area contributed by atoms with Gasteiger partial charge >= 0.3 is 6.03 Å². The topological polar surface area (TPSA) is 138 Å². The number of carbonyl (C=O) groups is 3. The van der Waals surface area contributed by atoms with Gasteiger partial charge in [0.15, 0.2) is 10.5 Å². The van der Waals surface area contributed by atoms with Crippen molar-refractivity contribution in [2.24, 2.45) is 5.41 Å². The number of nitrogens with zero attached hydrogens (tertiary/aromatic N) is 5. The number of amides is 4. The minimum Gasteiger partial charge on any atom is -0.497 e. The molecule has 2 saturated heterocycles. The number of anilines is 3. The maximum absolute atomic E-state index is 14.6. The van der Waals surface area contributed by atoms with Crippen molar-refractivity contribution in [2.75, 3.05) is 41.4 Å². The van der Waals surface area contributed by atoms with Crippen LogP contribution in [-0.4, -0.2) is 60.5 Å². The van der Waals surface area contributed by atoms with Crippen LogP contribution in [0.25, 0.3) is 10.2 Å². The van der Waals surface area contributed by atoms with Crippen LogP contribution < -0.4 is 24.8 Å². The second-order valence-electron chi connectivity index (χ2n) is 10.4. The number of rotatable bonds is 4. The minimum absolute atomic E-state index is 0.108. The molecule has 0 saturated carbocycles. The summed E-state index contributed by atoms with van der Waals surface area (Å²) in [5.41, 5.74) is 0.488. The summed E-state index contributed by atoms with van der Waals surface area (Å²) < 4.78 is 6.24. The smallest absolute Gasteiger partial charge is 0.335 e. The van der Waals surface area contributed by atoms with Gasteiger partial charge in [-0.15, -0.1) is 0 Å². The lowest BCUT2D eigenvalue weighted by Gasteiger charge is -2.55. The van der Waals surface area contributed by atoms with Crippen LogP contribution >= 0.6 is 11.3 Å². The third-order valence-electron chi connectivity index (χ3n) is 8.30. The predicted octanol–water partition coefficient (Wildman–Crippen LogP) is 3.73. The number of piperazine rings is 1. The zero-order valence-corrected chi connectivity index (χ0v) is 23.2. The minimum atomic E-state index is -1.74. The van der Waals surface area contributed by atoms with Gasteiger partial charge < -0.3 is 14.5 Å². The molecule has 4 aromatic rings. The second-order valence-corrected chi connectivity index (χ2v) is 11.4. The SMILES string of the molecule is COc1ccc(N2C(=O)NC(=O)C3(Cc4cc([N+](=O)[O-])ccc4N4CCN(c5nc6ccccc6s5)CC43)C2=O)cc1. The molecule has 1 N–H and O–H groups in total. The average Bonchev–Trinajstić information content (AvgIpc) is 3.44. The summed E-state index contributed by atoms with van der Waals surface area (Å²) in [5, 5.41) is 14.8. The number of carbonyl (C=O) groups excluding carboxylic acids is 3. The number of nitrogens with one attached hydrogen (secondary N) is 1. The van der Waals surface area contributed by atoms with Crippen LogP contribution in [-0.2, 0) is 16.0 Å². The molecule has 12 nitrogen and oxygen atoms in total. The molecule has 2 fully saturated rings. The van der Waals surface area contributed by atoms with Crippen LogP contribution in [0.5, 0.6) is 5.75 Å². The Labute approximate surface area is 243 Å². The second kappa shape index (κ2) is 9.52. The molecule has 7 rings (SSSR count). The molecule has 3 aliphatic rings. The summed E-state index contributed by atoms with van der Waals surface area (Å²) in [6.07, 6.45) is -0.108. The summed E-state index contributed by atoms with van der Waals surface area (Å²) in [6.45, 7) is 1.27. The van der Waals surface area contributed by atoms with Crippen molar-refractivity contribution in [1.82, 2.24) is 10.3 Å². The van der Waals surface area contributed by atoms with Gasteiger partial charge in [0.05, 0.1) is 34.0 Å². The number of imide groups is 2. The lowest BCUT2D eigenvalue weighted by atomic mass is 9.67. The van der Waals surface area contributed by atoms with Crippen molar-refractivity contribution in [3.05, 3.63) is 82.4 Å². The first-order valence-electron chi connectivity index (χ1n) is 13.3. The number of barbiturate groups is 1. The van der Waals surface area contributed by atoms with Crippen LogP contribution in [0.2, 0.25) is 0 Å². The highest BCUT2D eigenvalue weighted by atomic mass is 32.1. The van der Waals surface area contributed by atoms with Gasteiger partial charge in [0, 0.05) is 43.9 Å². The number of thiazole rings is 1. The summed E-state index contributed by atoms with van der Waals surface area (Å²) in [5.74, 6) is -0.862. The van der Waals surface area contributed by atoms with Crippen LogP contribution in [0.15, 0.2) is 66.7 Å². The van der Waals surface area contributed by atoms with Crippen molar-refractivity contribution in [3.8, 4) is 5.75 Å². The summed E-state index contributed by atoms with van der Waals surface area (Å²) >= 11 is 1.53. The van der Waals surface area contributed by atoms with Gasteiger partial charge in [-0.05, 0) is 48.0 Å². The van der Waals surface area contributed by atoms with E-state index in [1.165, 1.54) is 30.6 Å². The van der Waals surface area contributed by atoms with Crippen LogP contribution in [0.4, 0.5) is 27.0 Å². The number of non-ortho nitro benzene ring substituents is 1. The number of urea groups is 1. The van der Waals surface area contributed by atoms with Gasteiger partial charge in [-0.2, -0.15) is 0 Å². The van der Waals surface area contributed by atoms with Crippen molar-refractivity contribution in [2.45, 2.75) is 12.5 Å². The Morgan fingerprint density at radius 2 is 1.86 bits per heavy atom. The number of methoxy groups -OCH3 is 1. The maximum atomic E-state index is 14.6. The lowest BCUT2D eigenvalue weighted by Crippen LogP contribution is -2.75. The molecule has 1 aromatic heterocycles. The number of hydrogen-bond donors (Lipinski definition) is 1. The summed E-state index contributed by atoms with van der Waals surface area (Å²) in [4.78, 5) is 62.6. The van der Waals surface area contributed by atoms with Gasteiger partial charge in [0.25, 0.3) is 11.6 Å². The number of hydrogen-bond acceptors (Lipinski definition) is 10. The molecule has 13 heteroatoms. The fourth-order valence-corrected chi connectivity index (χ4v) is 7.26. The molecular formula is C29H24N6O6S. The van der Waals surface area contributed by atoms with Gasteiger partial charge in [0.2, 0.25) is 5.91 Å². The molecule has 2 unspecified atom stereocenters. The molecular weight excluding hydrogens is 560 g/mol. The van der Waals surface area contributed by atoms with E-state index in [1.807, 2.05) is 29.2 Å². The van der Waals surface area contributed by atoms with E-state index in [2.05, 4.69) is 10.2 Å². The molecule has 4 amide bonds. The lowest BCUT2D eigenvalue weighted by molar-refractivity contribution is -0.384. The van der Waals surface area contributed by atoms with Gasteiger partial charge in [-0.3, -0.25) is 25.0 Å².